The summed E-state index contributed by atoms with van der Waals surface area (Å²) < 4.78 is 62.4. The standard InChI is InChI=1S/C12H19FN2O4S2/c1-14(2)7-8-15(3)21(18,19)12-9-10(20(4,16)17)5-6-11(12)13/h5-6,9H,7-8H2,1-4H3. The lowest BCUT2D eigenvalue weighted by molar-refractivity contribution is 0.357. The maximum absolute atomic E-state index is 13.8. The second-order valence-electron chi connectivity index (χ2n) is 4.99. The van der Waals surface area contributed by atoms with E-state index in [9.17, 15) is 21.2 Å². The Bertz CT molecular complexity index is 715. The van der Waals surface area contributed by atoms with Crippen LogP contribution >= 0.6 is 0 Å². The Balaban J connectivity index is 3.25. The van der Waals surface area contributed by atoms with Gasteiger partial charge in [-0.05, 0) is 32.3 Å². The van der Waals surface area contributed by atoms with Crippen molar-refractivity contribution in [2.75, 3.05) is 40.5 Å². The highest BCUT2D eigenvalue weighted by atomic mass is 32.2. The molecule has 0 saturated heterocycles. The summed E-state index contributed by atoms with van der Waals surface area (Å²) in [7, 11) is -2.80. The molecule has 0 aliphatic carbocycles. The van der Waals surface area contributed by atoms with Gasteiger partial charge in [-0.1, -0.05) is 0 Å². The first-order valence-corrected chi connectivity index (χ1v) is 9.40. The van der Waals surface area contributed by atoms with Crippen LogP contribution in [0.15, 0.2) is 28.0 Å². The highest BCUT2D eigenvalue weighted by molar-refractivity contribution is 7.91. The Morgan fingerprint density at radius 2 is 1.62 bits per heavy atom. The second-order valence-corrected chi connectivity index (χ2v) is 9.02. The molecule has 0 aromatic heterocycles. The first kappa shape index (κ1) is 18.0. The van der Waals surface area contributed by atoms with Crippen LogP contribution in [0.1, 0.15) is 0 Å². The molecule has 0 radical (unpaired) electrons. The summed E-state index contributed by atoms with van der Waals surface area (Å²) >= 11 is 0. The minimum absolute atomic E-state index is 0.165. The molecular formula is C12H19FN2O4S2. The minimum Gasteiger partial charge on any atom is -0.308 e. The van der Waals surface area contributed by atoms with Crippen molar-refractivity contribution >= 4 is 19.9 Å². The van der Waals surface area contributed by atoms with Gasteiger partial charge in [-0.15, -0.1) is 0 Å². The lowest BCUT2D eigenvalue weighted by Crippen LogP contribution is -2.34. The highest BCUT2D eigenvalue weighted by Crippen LogP contribution is 2.22. The van der Waals surface area contributed by atoms with Crippen LogP contribution in [-0.4, -0.2) is 66.5 Å². The topological polar surface area (TPSA) is 74.8 Å². The summed E-state index contributed by atoms with van der Waals surface area (Å²) in [6, 6.07) is 2.75. The van der Waals surface area contributed by atoms with E-state index in [0.29, 0.717) is 6.54 Å². The molecule has 1 aromatic rings. The van der Waals surface area contributed by atoms with Gasteiger partial charge < -0.3 is 4.90 Å². The number of hydrogen-bond acceptors (Lipinski definition) is 5. The van der Waals surface area contributed by atoms with E-state index >= 15 is 0 Å². The lowest BCUT2D eigenvalue weighted by atomic mass is 10.3. The SMILES string of the molecule is CN(C)CCN(C)S(=O)(=O)c1cc(S(C)(=O)=O)ccc1F. The molecule has 0 spiro atoms. The average molecular weight is 338 g/mol. The number of sulfone groups is 1. The zero-order valence-electron chi connectivity index (χ0n) is 12.4. The molecule has 1 rings (SSSR count). The predicted octanol–water partition coefficient (Wildman–Crippen LogP) is 0.411. The lowest BCUT2D eigenvalue weighted by Gasteiger charge is -2.20. The van der Waals surface area contributed by atoms with Gasteiger partial charge in [-0.2, -0.15) is 4.31 Å². The van der Waals surface area contributed by atoms with Gasteiger partial charge in [0.1, 0.15) is 10.7 Å². The number of halogens is 1. The van der Waals surface area contributed by atoms with E-state index in [1.807, 2.05) is 0 Å². The van der Waals surface area contributed by atoms with E-state index in [-0.39, 0.29) is 11.4 Å². The fourth-order valence-corrected chi connectivity index (χ4v) is 3.51. The second kappa shape index (κ2) is 6.39. The van der Waals surface area contributed by atoms with Crippen molar-refractivity contribution in [2.24, 2.45) is 0 Å². The largest absolute Gasteiger partial charge is 0.308 e. The van der Waals surface area contributed by atoms with Crippen LogP contribution in [0.4, 0.5) is 4.39 Å². The summed E-state index contributed by atoms with van der Waals surface area (Å²) in [4.78, 5) is 0.921. The summed E-state index contributed by atoms with van der Waals surface area (Å²) in [5.74, 6) is -0.973. The number of benzene rings is 1. The Kier molecular flexibility index (Phi) is 5.48. The molecule has 120 valence electrons. The van der Waals surface area contributed by atoms with Crippen LogP contribution < -0.4 is 0 Å². The van der Waals surface area contributed by atoms with Crippen LogP contribution in [0.25, 0.3) is 0 Å². The molecule has 0 heterocycles. The molecular weight excluding hydrogens is 319 g/mol. The molecule has 1 aromatic carbocycles. The molecule has 0 atom stereocenters. The monoisotopic (exact) mass is 338 g/mol. The zero-order valence-corrected chi connectivity index (χ0v) is 14.0. The van der Waals surface area contributed by atoms with E-state index in [1.165, 1.54) is 7.05 Å². The number of likely N-dealkylation sites (N-methyl/N-ethyl adjacent to an activating group) is 2. The number of rotatable bonds is 6. The quantitative estimate of drug-likeness (QED) is 0.703. The molecule has 0 saturated carbocycles. The summed E-state index contributed by atoms with van der Waals surface area (Å²) in [5.41, 5.74) is 0. The summed E-state index contributed by atoms with van der Waals surface area (Å²) in [6.45, 7) is 0.626. The maximum atomic E-state index is 13.8. The fraction of sp³-hybridized carbons (Fsp3) is 0.500. The Morgan fingerprint density at radius 1 is 1.05 bits per heavy atom. The van der Waals surface area contributed by atoms with Crippen molar-refractivity contribution in [3.05, 3.63) is 24.0 Å². The average Bonchev–Trinajstić information content (AvgIpc) is 2.34. The van der Waals surface area contributed by atoms with Gasteiger partial charge in [0.2, 0.25) is 10.0 Å². The van der Waals surface area contributed by atoms with Gasteiger partial charge in [0, 0.05) is 26.4 Å². The Labute approximate surface area is 125 Å². The molecule has 0 unspecified atom stereocenters. The third kappa shape index (κ3) is 4.47. The van der Waals surface area contributed by atoms with E-state index in [1.54, 1.807) is 19.0 Å². The molecule has 0 fully saturated rings. The minimum atomic E-state index is -4.08. The van der Waals surface area contributed by atoms with Crippen molar-refractivity contribution in [3.8, 4) is 0 Å². The van der Waals surface area contributed by atoms with E-state index < -0.39 is 30.6 Å². The predicted molar refractivity (Wildman–Crippen MR) is 77.9 cm³/mol. The van der Waals surface area contributed by atoms with E-state index in [0.717, 1.165) is 28.8 Å². The van der Waals surface area contributed by atoms with Gasteiger partial charge in [0.25, 0.3) is 0 Å². The third-order valence-corrected chi connectivity index (χ3v) is 5.86. The number of hydrogen-bond donors (Lipinski definition) is 0. The van der Waals surface area contributed by atoms with Gasteiger partial charge in [-0.25, -0.2) is 21.2 Å². The van der Waals surface area contributed by atoms with Crippen molar-refractivity contribution in [1.29, 1.82) is 0 Å². The van der Waals surface area contributed by atoms with Gasteiger partial charge >= 0.3 is 0 Å². The van der Waals surface area contributed by atoms with Gasteiger partial charge in [-0.3, -0.25) is 0 Å². The van der Waals surface area contributed by atoms with Gasteiger partial charge in [0.15, 0.2) is 9.84 Å². The van der Waals surface area contributed by atoms with Crippen molar-refractivity contribution in [3.63, 3.8) is 0 Å². The van der Waals surface area contributed by atoms with Crippen LogP contribution in [0.3, 0.4) is 0 Å². The van der Waals surface area contributed by atoms with Crippen molar-refractivity contribution < 1.29 is 21.2 Å². The first-order valence-electron chi connectivity index (χ1n) is 6.07. The Hall–Kier alpha value is -1.03. The molecule has 0 aliphatic heterocycles. The van der Waals surface area contributed by atoms with Crippen LogP contribution in [0, 0.1) is 5.82 Å². The third-order valence-electron chi connectivity index (χ3n) is 2.88. The Morgan fingerprint density at radius 3 is 2.10 bits per heavy atom. The van der Waals surface area contributed by atoms with Gasteiger partial charge in [0.05, 0.1) is 4.90 Å². The summed E-state index contributed by atoms with van der Waals surface area (Å²) in [5, 5.41) is 0. The fourth-order valence-electron chi connectivity index (χ4n) is 1.54. The van der Waals surface area contributed by atoms with Crippen LogP contribution in [0.2, 0.25) is 0 Å². The van der Waals surface area contributed by atoms with E-state index in [4.69, 9.17) is 0 Å². The molecule has 0 amide bonds. The molecule has 21 heavy (non-hydrogen) atoms. The summed E-state index contributed by atoms with van der Waals surface area (Å²) in [6.07, 6.45) is 0.937. The molecule has 0 aliphatic rings. The molecule has 9 heteroatoms. The van der Waals surface area contributed by atoms with Crippen molar-refractivity contribution in [1.82, 2.24) is 9.21 Å². The first-order chi connectivity index (χ1) is 9.46. The molecule has 6 nitrogen and oxygen atoms in total. The van der Waals surface area contributed by atoms with Crippen molar-refractivity contribution in [2.45, 2.75) is 9.79 Å². The van der Waals surface area contributed by atoms with Crippen LogP contribution in [0.5, 0.6) is 0 Å². The maximum Gasteiger partial charge on any atom is 0.245 e. The zero-order chi connectivity index (χ0) is 16.4. The molecule has 0 bridgehead atoms. The number of nitrogens with zero attached hydrogens (tertiary/aromatic N) is 2. The highest BCUT2D eigenvalue weighted by Gasteiger charge is 2.26. The van der Waals surface area contributed by atoms with E-state index in [2.05, 4.69) is 0 Å². The number of sulfonamides is 1. The smallest absolute Gasteiger partial charge is 0.245 e. The van der Waals surface area contributed by atoms with Crippen LogP contribution in [-0.2, 0) is 19.9 Å². The molecule has 0 N–H and O–H groups in total. The normalized spacial score (nSPS) is 13.1.